The molecule has 2 aliphatic heterocycles. The number of halogens is 1. The minimum Gasteiger partial charge on any atom is -0.465 e. The lowest BCUT2D eigenvalue weighted by molar-refractivity contribution is -0.138. The molecule has 0 bridgehead atoms. The SMILES string of the molecule is C[C@H](c1ccc(B2OC(C)(C)C(C)(C)O2)cc1)[C@@H](C(=O)N1CC[C@H](F)C1)N(C(=O)O)C(C)(C)C. The maximum atomic E-state index is 13.9. The van der Waals surface area contributed by atoms with E-state index in [0.29, 0.717) is 6.54 Å². The molecule has 3 atom stereocenters. The van der Waals surface area contributed by atoms with Crippen LogP contribution in [-0.4, -0.2) is 76.1 Å². The number of hydrogen-bond donors (Lipinski definition) is 1. The van der Waals surface area contributed by atoms with Gasteiger partial charge in [0.05, 0.1) is 17.7 Å². The first kappa shape index (κ1) is 26.5. The molecule has 1 aromatic rings. The lowest BCUT2D eigenvalue weighted by Crippen LogP contribution is -2.59. The van der Waals surface area contributed by atoms with Crippen molar-refractivity contribution in [2.24, 2.45) is 0 Å². The molecule has 1 aromatic carbocycles. The molecule has 2 amide bonds. The van der Waals surface area contributed by atoms with Crippen molar-refractivity contribution in [1.82, 2.24) is 9.80 Å². The Morgan fingerprint density at radius 3 is 2.09 bits per heavy atom. The van der Waals surface area contributed by atoms with Crippen LogP contribution in [0.5, 0.6) is 0 Å². The predicted molar refractivity (Wildman–Crippen MR) is 130 cm³/mol. The minimum absolute atomic E-state index is 0.000518. The Balaban J connectivity index is 1.91. The van der Waals surface area contributed by atoms with E-state index in [4.69, 9.17) is 9.31 Å². The van der Waals surface area contributed by atoms with E-state index in [1.165, 1.54) is 9.80 Å². The van der Waals surface area contributed by atoms with Gasteiger partial charge in [-0.1, -0.05) is 31.2 Å². The van der Waals surface area contributed by atoms with Crippen molar-refractivity contribution in [3.8, 4) is 0 Å². The van der Waals surface area contributed by atoms with E-state index in [-0.39, 0.29) is 18.9 Å². The van der Waals surface area contributed by atoms with E-state index in [1.807, 2.05) is 58.9 Å². The third-order valence-corrected chi connectivity index (χ3v) is 7.36. The van der Waals surface area contributed by atoms with Crippen LogP contribution in [0.2, 0.25) is 0 Å². The maximum absolute atomic E-state index is 13.9. The average molecular weight is 476 g/mol. The zero-order chi connectivity index (χ0) is 25.6. The summed E-state index contributed by atoms with van der Waals surface area (Å²) in [6.07, 6.45) is -1.98. The summed E-state index contributed by atoms with van der Waals surface area (Å²) in [5, 5.41) is 10.1. The highest BCUT2D eigenvalue weighted by Crippen LogP contribution is 2.37. The van der Waals surface area contributed by atoms with Gasteiger partial charge in [0, 0.05) is 18.0 Å². The summed E-state index contributed by atoms with van der Waals surface area (Å²) in [7, 11) is -0.511. The molecule has 2 saturated heterocycles. The van der Waals surface area contributed by atoms with Crippen LogP contribution in [0.4, 0.5) is 9.18 Å². The number of carbonyl (C=O) groups is 2. The Hall–Kier alpha value is -2.13. The fourth-order valence-electron chi connectivity index (χ4n) is 4.59. The topological polar surface area (TPSA) is 79.3 Å². The molecule has 2 aliphatic rings. The van der Waals surface area contributed by atoms with Crippen LogP contribution in [0, 0.1) is 0 Å². The van der Waals surface area contributed by atoms with Crippen molar-refractivity contribution < 1.29 is 28.4 Å². The van der Waals surface area contributed by atoms with Crippen LogP contribution < -0.4 is 5.46 Å². The Morgan fingerprint density at radius 2 is 1.68 bits per heavy atom. The van der Waals surface area contributed by atoms with Gasteiger partial charge in [-0.3, -0.25) is 9.69 Å². The molecule has 0 spiro atoms. The van der Waals surface area contributed by atoms with Gasteiger partial charge in [-0.15, -0.1) is 0 Å². The molecular formula is C25H38BFN2O5. The van der Waals surface area contributed by atoms with E-state index in [0.717, 1.165) is 11.0 Å². The Labute approximate surface area is 202 Å². The van der Waals surface area contributed by atoms with Crippen molar-refractivity contribution >= 4 is 24.6 Å². The number of nitrogens with zero attached hydrogens (tertiary/aromatic N) is 2. The number of amides is 2. The average Bonchev–Trinajstić information content (AvgIpc) is 3.23. The number of carboxylic acid groups (broad SMARTS) is 1. The number of alkyl halides is 1. The fraction of sp³-hybridized carbons (Fsp3) is 0.680. The van der Waals surface area contributed by atoms with E-state index in [1.54, 1.807) is 20.8 Å². The van der Waals surface area contributed by atoms with Crippen LogP contribution in [0.1, 0.15) is 73.3 Å². The van der Waals surface area contributed by atoms with Gasteiger partial charge in [-0.05, 0) is 65.9 Å². The molecule has 0 aromatic heterocycles. The lowest BCUT2D eigenvalue weighted by atomic mass is 9.77. The molecule has 0 radical (unpaired) electrons. The third-order valence-electron chi connectivity index (χ3n) is 7.36. The van der Waals surface area contributed by atoms with Gasteiger partial charge in [-0.25, -0.2) is 9.18 Å². The Kier molecular flexibility index (Phi) is 7.13. The molecule has 0 saturated carbocycles. The van der Waals surface area contributed by atoms with Gasteiger partial charge in [0.15, 0.2) is 0 Å². The van der Waals surface area contributed by atoms with Crippen molar-refractivity contribution in [1.29, 1.82) is 0 Å². The normalized spacial score (nSPS) is 23.6. The van der Waals surface area contributed by atoms with Crippen molar-refractivity contribution in [3.63, 3.8) is 0 Å². The molecule has 0 unspecified atom stereocenters. The van der Waals surface area contributed by atoms with Crippen LogP contribution >= 0.6 is 0 Å². The van der Waals surface area contributed by atoms with E-state index in [9.17, 15) is 19.1 Å². The minimum atomic E-state index is -1.18. The van der Waals surface area contributed by atoms with Gasteiger partial charge < -0.3 is 19.3 Å². The molecule has 7 nitrogen and oxygen atoms in total. The first-order valence-corrected chi connectivity index (χ1v) is 12.0. The van der Waals surface area contributed by atoms with Crippen LogP contribution in [0.15, 0.2) is 24.3 Å². The quantitative estimate of drug-likeness (QED) is 0.654. The standard InChI is InChI=1S/C25H38BFN2O5/c1-16(17-9-11-18(12-10-17)26-33-24(5,6)25(7,8)34-26)20(29(22(31)32)23(2,3)4)21(30)28-14-13-19(27)15-28/h9-12,16,19-20H,13-15H2,1-8H3,(H,31,32)/t16-,19+,20+/m1/s1. The van der Waals surface area contributed by atoms with Gasteiger partial charge in [-0.2, -0.15) is 0 Å². The second-order valence-corrected chi connectivity index (χ2v) is 11.5. The molecule has 1 N–H and O–H groups in total. The van der Waals surface area contributed by atoms with Crippen LogP contribution in [0.3, 0.4) is 0 Å². The summed E-state index contributed by atoms with van der Waals surface area (Å²) in [6, 6.07) is 6.58. The van der Waals surface area contributed by atoms with Crippen LogP contribution in [-0.2, 0) is 14.1 Å². The summed E-state index contributed by atoms with van der Waals surface area (Å²) in [5.41, 5.74) is -0.0780. The number of benzene rings is 1. The summed E-state index contributed by atoms with van der Waals surface area (Å²) >= 11 is 0. The number of hydrogen-bond acceptors (Lipinski definition) is 4. The number of rotatable bonds is 5. The molecule has 3 rings (SSSR count). The molecule has 2 fully saturated rings. The Bertz CT molecular complexity index is 899. The first-order valence-electron chi connectivity index (χ1n) is 12.0. The fourth-order valence-corrected chi connectivity index (χ4v) is 4.59. The predicted octanol–water partition coefficient (Wildman–Crippen LogP) is 3.81. The highest BCUT2D eigenvalue weighted by Gasteiger charge is 2.52. The molecule has 2 heterocycles. The summed E-state index contributed by atoms with van der Waals surface area (Å²) in [4.78, 5) is 28.5. The maximum Gasteiger partial charge on any atom is 0.494 e. The molecular weight excluding hydrogens is 438 g/mol. The molecule has 0 aliphatic carbocycles. The zero-order valence-electron chi connectivity index (χ0n) is 21.6. The van der Waals surface area contributed by atoms with Crippen molar-refractivity contribution in [2.45, 2.75) is 96.7 Å². The van der Waals surface area contributed by atoms with E-state index in [2.05, 4.69) is 0 Å². The smallest absolute Gasteiger partial charge is 0.465 e. The molecule has 188 valence electrons. The highest BCUT2D eigenvalue weighted by molar-refractivity contribution is 6.62. The summed E-state index contributed by atoms with van der Waals surface area (Å²) < 4.78 is 26.1. The zero-order valence-corrected chi connectivity index (χ0v) is 21.6. The second kappa shape index (κ2) is 9.15. The Morgan fingerprint density at radius 1 is 1.15 bits per heavy atom. The van der Waals surface area contributed by atoms with Gasteiger partial charge in [0.2, 0.25) is 5.91 Å². The van der Waals surface area contributed by atoms with Crippen molar-refractivity contribution in [2.75, 3.05) is 13.1 Å². The summed E-state index contributed by atoms with van der Waals surface area (Å²) in [5.74, 6) is -0.811. The lowest BCUT2D eigenvalue weighted by Gasteiger charge is -2.42. The van der Waals surface area contributed by atoms with Crippen LogP contribution in [0.25, 0.3) is 0 Å². The molecule has 9 heteroatoms. The van der Waals surface area contributed by atoms with Crippen molar-refractivity contribution in [3.05, 3.63) is 29.8 Å². The number of carbonyl (C=O) groups excluding carboxylic acids is 1. The first-order chi connectivity index (χ1) is 15.5. The highest BCUT2D eigenvalue weighted by atomic mass is 19.1. The van der Waals surface area contributed by atoms with E-state index >= 15 is 0 Å². The van der Waals surface area contributed by atoms with E-state index < -0.39 is 48.1 Å². The van der Waals surface area contributed by atoms with Gasteiger partial charge >= 0.3 is 13.2 Å². The number of likely N-dealkylation sites (tertiary alicyclic amines) is 1. The third kappa shape index (κ3) is 5.10. The second-order valence-electron chi connectivity index (χ2n) is 11.5. The molecule has 34 heavy (non-hydrogen) atoms. The largest absolute Gasteiger partial charge is 0.494 e. The monoisotopic (exact) mass is 476 g/mol. The van der Waals surface area contributed by atoms with Gasteiger partial charge in [0.25, 0.3) is 0 Å². The summed E-state index contributed by atoms with van der Waals surface area (Å²) in [6.45, 7) is 15.4. The van der Waals surface area contributed by atoms with Gasteiger partial charge in [0.1, 0.15) is 12.2 Å².